The molecule has 5 heteroatoms. The van der Waals surface area contributed by atoms with E-state index in [1.54, 1.807) is 24.4 Å². The van der Waals surface area contributed by atoms with E-state index in [0.29, 0.717) is 30.3 Å². The molecule has 158 valence electrons. The number of likely N-dealkylation sites (tertiary alicyclic amines) is 1. The number of nitrogens with one attached hydrogen (secondary N) is 1. The number of fused-ring (bicyclic) bond motifs is 1. The second-order valence-electron chi connectivity index (χ2n) is 8.35. The number of aromatic hydroxyl groups is 1. The van der Waals surface area contributed by atoms with E-state index in [1.807, 2.05) is 17.0 Å². The fraction of sp³-hybridized carbons (Fsp3) is 0.185. The van der Waals surface area contributed by atoms with Gasteiger partial charge in [0.2, 0.25) is 0 Å². The Morgan fingerprint density at radius 2 is 1.72 bits per heavy atom. The van der Waals surface area contributed by atoms with Gasteiger partial charge < -0.3 is 15.0 Å². The van der Waals surface area contributed by atoms with Crippen LogP contribution >= 0.6 is 0 Å². The number of aromatic amines is 1. The van der Waals surface area contributed by atoms with Crippen molar-refractivity contribution in [1.29, 1.82) is 5.26 Å². The van der Waals surface area contributed by atoms with Crippen molar-refractivity contribution in [1.82, 2.24) is 9.88 Å². The van der Waals surface area contributed by atoms with Crippen molar-refractivity contribution in [3.63, 3.8) is 0 Å². The summed E-state index contributed by atoms with van der Waals surface area (Å²) in [5.41, 5.74) is 4.58. The van der Waals surface area contributed by atoms with Gasteiger partial charge in [-0.05, 0) is 70.5 Å². The SMILES string of the molecule is N#Cc1c[nH]c(C(=O)N2CCC(c3cccc(-c4ccc5cc(O)ccc5c4)c3)CC2)c1. The molecular formula is C27H23N3O2. The number of benzene rings is 3. The number of hydrogen-bond donors (Lipinski definition) is 2. The number of rotatable bonds is 3. The lowest BCUT2D eigenvalue weighted by molar-refractivity contribution is 0.0707. The zero-order chi connectivity index (χ0) is 22.1. The lowest BCUT2D eigenvalue weighted by Crippen LogP contribution is -2.38. The van der Waals surface area contributed by atoms with E-state index in [9.17, 15) is 9.90 Å². The van der Waals surface area contributed by atoms with Gasteiger partial charge in [0.15, 0.2) is 0 Å². The lowest BCUT2D eigenvalue weighted by atomic mass is 9.87. The highest BCUT2D eigenvalue weighted by atomic mass is 16.3. The molecule has 32 heavy (non-hydrogen) atoms. The Morgan fingerprint density at radius 3 is 2.50 bits per heavy atom. The van der Waals surface area contributed by atoms with E-state index in [0.717, 1.165) is 29.2 Å². The molecule has 3 aromatic carbocycles. The van der Waals surface area contributed by atoms with Crippen molar-refractivity contribution >= 4 is 16.7 Å². The number of nitrogens with zero attached hydrogens (tertiary/aromatic N) is 2. The third-order valence-electron chi connectivity index (χ3n) is 6.34. The van der Waals surface area contributed by atoms with Crippen molar-refractivity contribution in [3.8, 4) is 22.9 Å². The second-order valence-corrected chi connectivity index (χ2v) is 8.35. The minimum atomic E-state index is -0.0408. The molecule has 1 aliphatic heterocycles. The molecule has 1 aromatic heterocycles. The summed E-state index contributed by atoms with van der Waals surface area (Å²) < 4.78 is 0. The summed E-state index contributed by atoms with van der Waals surface area (Å²) in [6.45, 7) is 1.40. The van der Waals surface area contributed by atoms with Gasteiger partial charge in [0.05, 0.1) is 5.56 Å². The van der Waals surface area contributed by atoms with Crippen LogP contribution in [0.1, 0.15) is 40.4 Å². The van der Waals surface area contributed by atoms with Gasteiger partial charge in [-0.15, -0.1) is 0 Å². The molecule has 1 fully saturated rings. The van der Waals surface area contributed by atoms with Gasteiger partial charge >= 0.3 is 0 Å². The minimum Gasteiger partial charge on any atom is -0.508 e. The van der Waals surface area contributed by atoms with Crippen LogP contribution in [0, 0.1) is 11.3 Å². The molecule has 0 radical (unpaired) electrons. The summed E-state index contributed by atoms with van der Waals surface area (Å²) in [5.74, 6) is 0.648. The van der Waals surface area contributed by atoms with E-state index in [4.69, 9.17) is 5.26 Å². The number of H-pyrrole nitrogens is 1. The number of hydrogen-bond acceptors (Lipinski definition) is 3. The quantitative estimate of drug-likeness (QED) is 0.463. The Balaban J connectivity index is 1.31. The van der Waals surface area contributed by atoms with Gasteiger partial charge in [-0.25, -0.2) is 0 Å². The largest absolute Gasteiger partial charge is 0.508 e. The average molecular weight is 422 g/mol. The highest BCUT2D eigenvalue weighted by Crippen LogP contribution is 2.33. The third kappa shape index (κ3) is 3.83. The summed E-state index contributed by atoms with van der Waals surface area (Å²) in [4.78, 5) is 17.5. The summed E-state index contributed by atoms with van der Waals surface area (Å²) in [5, 5.41) is 20.8. The van der Waals surface area contributed by atoms with Crippen LogP contribution in [0.3, 0.4) is 0 Å². The van der Waals surface area contributed by atoms with E-state index in [2.05, 4.69) is 47.5 Å². The van der Waals surface area contributed by atoms with Gasteiger partial charge in [0.1, 0.15) is 17.5 Å². The number of piperidine rings is 1. The zero-order valence-corrected chi connectivity index (χ0v) is 17.6. The summed E-state index contributed by atoms with van der Waals surface area (Å²) >= 11 is 0. The van der Waals surface area contributed by atoms with E-state index >= 15 is 0 Å². The topological polar surface area (TPSA) is 80.1 Å². The number of carbonyl (C=O) groups excluding carboxylic acids is 1. The molecule has 1 aliphatic rings. The fourth-order valence-electron chi connectivity index (χ4n) is 4.55. The Hall–Kier alpha value is -4.04. The predicted octanol–water partition coefficient (Wildman–Crippen LogP) is 5.43. The predicted molar refractivity (Wildman–Crippen MR) is 124 cm³/mol. The summed E-state index contributed by atoms with van der Waals surface area (Å²) in [6, 6.07) is 24.0. The average Bonchev–Trinajstić information content (AvgIpc) is 3.33. The molecule has 0 atom stereocenters. The molecule has 0 unspecified atom stereocenters. The Labute approximate surface area is 186 Å². The molecule has 0 spiro atoms. The van der Waals surface area contributed by atoms with Gasteiger partial charge in [0.25, 0.3) is 5.91 Å². The molecule has 2 heterocycles. The molecule has 0 saturated carbocycles. The van der Waals surface area contributed by atoms with Crippen LogP contribution in [0.25, 0.3) is 21.9 Å². The van der Waals surface area contributed by atoms with Crippen molar-refractivity contribution in [2.24, 2.45) is 0 Å². The van der Waals surface area contributed by atoms with E-state index in [1.165, 1.54) is 11.1 Å². The molecule has 1 saturated heterocycles. The number of phenolic OH excluding ortho intramolecular Hbond substituents is 1. The summed E-state index contributed by atoms with van der Waals surface area (Å²) in [6.07, 6.45) is 3.40. The zero-order valence-electron chi connectivity index (χ0n) is 17.6. The van der Waals surface area contributed by atoms with Crippen molar-refractivity contribution in [3.05, 3.63) is 89.7 Å². The maximum Gasteiger partial charge on any atom is 0.270 e. The molecule has 2 N–H and O–H groups in total. The van der Waals surface area contributed by atoms with Gasteiger partial charge in [-0.2, -0.15) is 5.26 Å². The summed E-state index contributed by atoms with van der Waals surface area (Å²) in [7, 11) is 0. The van der Waals surface area contributed by atoms with Crippen molar-refractivity contribution < 1.29 is 9.90 Å². The molecule has 4 aromatic rings. The van der Waals surface area contributed by atoms with Crippen LogP contribution in [-0.4, -0.2) is 34.0 Å². The van der Waals surface area contributed by atoms with Gasteiger partial charge in [-0.3, -0.25) is 4.79 Å². The molecule has 0 aliphatic carbocycles. The van der Waals surface area contributed by atoms with Crippen molar-refractivity contribution in [2.45, 2.75) is 18.8 Å². The maximum atomic E-state index is 12.7. The van der Waals surface area contributed by atoms with Crippen LogP contribution in [0.4, 0.5) is 0 Å². The van der Waals surface area contributed by atoms with Gasteiger partial charge in [-0.1, -0.05) is 42.5 Å². The first-order chi connectivity index (χ1) is 15.6. The monoisotopic (exact) mass is 421 g/mol. The standard InChI is InChI=1S/C27H23N3O2/c28-16-18-12-26(29-17-18)27(32)30-10-8-19(9-11-30)20-2-1-3-21(13-20)22-4-5-24-15-25(31)7-6-23(24)14-22/h1-7,12-15,17,19,29,31H,8-11H2. The highest BCUT2D eigenvalue weighted by molar-refractivity contribution is 5.93. The molecule has 0 bridgehead atoms. The number of nitriles is 1. The second kappa shape index (κ2) is 8.24. The van der Waals surface area contributed by atoms with Crippen LogP contribution in [0.2, 0.25) is 0 Å². The molecule has 1 amide bonds. The van der Waals surface area contributed by atoms with Gasteiger partial charge in [0, 0.05) is 19.3 Å². The Bertz CT molecular complexity index is 1340. The third-order valence-corrected chi connectivity index (χ3v) is 6.34. The Kier molecular flexibility index (Phi) is 5.12. The smallest absolute Gasteiger partial charge is 0.270 e. The molecular weight excluding hydrogens is 398 g/mol. The lowest BCUT2D eigenvalue weighted by Gasteiger charge is -2.32. The normalized spacial score (nSPS) is 14.4. The first kappa shape index (κ1) is 19.9. The number of carbonyl (C=O) groups is 1. The molecule has 5 nitrogen and oxygen atoms in total. The van der Waals surface area contributed by atoms with Crippen LogP contribution < -0.4 is 0 Å². The fourth-order valence-corrected chi connectivity index (χ4v) is 4.55. The highest BCUT2D eigenvalue weighted by Gasteiger charge is 2.25. The van der Waals surface area contributed by atoms with Crippen LogP contribution in [0.15, 0.2) is 72.9 Å². The van der Waals surface area contributed by atoms with Crippen LogP contribution in [0.5, 0.6) is 5.75 Å². The van der Waals surface area contributed by atoms with E-state index < -0.39 is 0 Å². The number of amides is 1. The van der Waals surface area contributed by atoms with Crippen LogP contribution in [-0.2, 0) is 0 Å². The Morgan fingerprint density at radius 1 is 0.969 bits per heavy atom. The van der Waals surface area contributed by atoms with E-state index in [-0.39, 0.29) is 11.7 Å². The number of phenols is 1. The minimum absolute atomic E-state index is 0.0408. The first-order valence-electron chi connectivity index (χ1n) is 10.8. The number of aromatic nitrogens is 1. The maximum absolute atomic E-state index is 12.7. The first-order valence-corrected chi connectivity index (χ1v) is 10.8. The molecule has 5 rings (SSSR count). The van der Waals surface area contributed by atoms with Crippen molar-refractivity contribution in [2.75, 3.05) is 13.1 Å².